The predicted molar refractivity (Wildman–Crippen MR) is 68.6 cm³/mol. The number of hydrogen-bond acceptors (Lipinski definition) is 3. The summed E-state index contributed by atoms with van der Waals surface area (Å²) in [5, 5.41) is 0. The maximum atomic E-state index is 12.4. The Balaban J connectivity index is 0.000000606. The average molecular weight is 304 g/mol. The van der Waals surface area contributed by atoms with Gasteiger partial charge in [0.05, 0.1) is 0 Å². The first-order valence-electron chi connectivity index (χ1n) is 4.75. The van der Waals surface area contributed by atoms with Gasteiger partial charge >= 0.3 is 0 Å². The molecule has 0 aromatic carbocycles. The van der Waals surface area contributed by atoms with E-state index in [1.807, 2.05) is 19.9 Å². The van der Waals surface area contributed by atoms with E-state index in [-0.39, 0.29) is 12.3 Å². The van der Waals surface area contributed by atoms with E-state index in [9.17, 15) is 3.89 Å². The molecule has 0 bridgehead atoms. The van der Waals surface area contributed by atoms with Crippen molar-refractivity contribution in [1.82, 2.24) is 13.9 Å². The normalized spacial score (nSPS) is 9.50. The lowest BCUT2D eigenvalue weighted by Gasteiger charge is -2.00. The minimum Gasteiger partial charge on any atom is -0.252 e. The van der Waals surface area contributed by atoms with Gasteiger partial charge in [-0.15, -0.1) is 3.89 Å². The molecule has 0 N–H and O–H groups in total. The van der Waals surface area contributed by atoms with E-state index in [0.29, 0.717) is 11.5 Å². The van der Waals surface area contributed by atoms with Crippen LogP contribution in [0.3, 0.4) is 0 Å². The van der Waals surface area contributed by atoms with Crippen molar-refractivity contribution in [3.8, 4) is 11.5 Å². The number of rotatable bonds is 2. The van der Waals surface area contributed by atoms with Gasteiger partial charge in [0.15, 0.2) is 18.2 Å². The quantitative estimate of drug-likeness (QED) is 0.836. The Bertz CT molecular complexity index is 430. The van der Waals surface area contributed by atoms with E-state index in [0.717, 1.165) is 4.47 Å². The Hall–Kier alpha value is -0.880. The summed E-state index contributed by atoms with van der Waals surface area (Å²) in [4.78, 5) is 8.13. The SMILES string of the molecule is CC.FSn1ccnc1-c1ccc(Br)cn1. The molecule has 0 spiro atoms. The summed E-state index contributed by atoms with van der Waals surface area (Å²) in [6, 6.07) is 3.61. The first kappa shape index (κ1) is 13.2. The summed E-state index contributed by atoms with van der Waals surface area (Å²) < 4.78 is 14.6. The van der Waals surface area contributed by atoms with Gasteiger partial charge < -0.3 is 0 Å². The molecule has 0 radical (unpaired) electrons. The third kappa shape index (κ3) is 3.05. The maximum absolute atomic E-state index is 12.4. The van der Waals surface area contributed by atoms with Crippen LogP contribution in [0.25, 0.3) is 11.5 Å². The minimum absolute atomic E-state index is 0.104. The zero-order valence-electron chi connectivity index (χ0n) is 8.89. The molecule has 2 heterocycles. The van der Waals surface area contributed by atoms with Crippen molar-refractivity contribution in [2.45, 2.75) is 13.8 Å². The minimum atomic E-state index is 0.104. The average Bonchev–Trinajstić information content (AvgIpc) is 2.81. The summed E-state index contributed by atoms with van der Waals surface area (Å²) >= 11 is 3.38. The van der Waals surface area contributed by atoms with Crippen LogP contribution in [0.1, 0.15) is 13.8 Å². The highest BCUT2D eigenvalue weighted by Gasteiger charge is 2.07. The zero-order valence-corrected chi connectivity index (χ0v) is 11.3. The second-order valence-corrected chi connectivity index (χ2v) is 3.95. The number of halogens is 2. The fourth-order valence-electron chi connectivity index (χ4n) is 1.03. The third-order valence-electron chi connectivity index (χ3n) is 1.64. The van der Waals surface area contributed by atoms with Crippen molar-refractivity contribution in [3.63, 3.8) is 0 Å². The Morgan fingerprint density at radius 2 is 2.06 bits per heavy atom. The van der Waals surface area contributed by atoms with Crippen molar-refractivity contribution in [3.05, 3.63) is 35.2 Å². The van der Waals surface area contributed by atoms with E-state index in [2.05, 4.69) is 25.9 Å². The molecule has 3 nitrogen and oxygen atoms in total. The van der Waals surface area contributed by atoms with Gasteiger partial charge in [-0.05, 0) is 28.1 Å². The molecule has 0 saturated heterocycles. The first-order chi connectivity index (χ1) is 7.81. The molecule has 0 atom stereocenters. The van der Waals surface area contributed by atoms with Crippen LogP contribution in [0.5, 0.6) is 0 Å². The van der Waals surface area contributed by atoms with Crippen molar-refractivity contribution in [2.75, 3.05) is 0 Å². The van der Waals surface area contributed by atoms with Crippen LogP contribution in [0.2, 0.25) is 0 Å². The molecule has 2 aromatic heterocycles. The summed E-state index contributed by atoms with van der Waals surface area (Å²) in [5.41, 5.74) is 0.642. The van der Waals surface area contributed by atoms with E-state index < -0.39 is 0 Å². The molecule has 0 saturated carbocycles. The fraction of sp³-hybridized carbons (Fsp3) is 0.200. The third-order valence-corrected chi connectivity index (χ3v) is 2.55. The van der Waals surface area contributed by atoms with Gasteiger partial charge in [0.2, 0.25) is 0 Å². The molecule has 0 amide bonds. The molecule has 0 fully saturated rings. The van der Waals surface area contributed by atoms with Crippen LogP contribution in [0, 0.1) is 0 Å². The second-order valence-electron chi connectivity index (χ2n) is 2.51. The van der Waals surface area contributed by atoms with Crippen LogP contribution in [0.15, 0.2) is 35.2 Å². The lowest BCUT2D eigenvalue weighted by Crippen LogP contribution is -1.90. The van der Waals surface area contributed by atoms with Gasteiger partial charge in [-0.1, -0.05) is 13.8 Å². The number of pyridine rings is 1. The number of aromatic nitrogens is 3. The molecule has 86 valence electrons. The van der Waals surface area contributed by atoms with E-state index in [1.165, 1.54) is 10.2 Å². The van der Waals surface area contributed by atoms with Gasteiger partial charge in [0, 0.05) is 23.1 Å². The summed E-state index contributed by atoms with van der Waals surface area (Å²) in [5.74, 6) is 0.505. The van der Waals surface area contributed by atoms with Crippen molar-refractivity contribution in [2.24, 2.45) is 0 Å². The maximum Gasteiger partial charge on any atom is 0.171 e. The monoisotopic (exact) mass is 303 g/mol. The van der Waals surface area contributed by atoms with Gasteiger partial charge in [0.25, 0.3) is 0 Å². The molecule has 2 rings (SSSR count). The number of nitrogens with zero attached hydrogens (tertiary/aromatic N) is 3. The molecule has 0 aliphatic rings. The number of imidazole rings is 1. The van der Waals surface area contributed by atoms with Crippen molar-refractivity contribution >= 4 is 28.3 Å². The lowest BCUT2D eigenvalue weighted by molar-refractivity contribution is 0.915. The lowest BCUT2D eigenvalue weighted by atomic mass is 10.3. The first-order valence-corrected chi connectivity index (χ1v) is 6.22. The Kier molecular flexibility index (Phi) is 5.48. The highest BCUT2D eigenvalue weighted by Crippen LogP contribution is 2.21. The van der Waals surface area contributed by atoms with Crippen LogP contribution >= 0.6 is 28.3 Å². The molecule has 16 heavy (non-hydrogen) atoms. The van der Waals surface area contributed by atoms with Crippen LogP contribution in [-0.2, 0) is 0 Å². The fourth-order valence-corrected chi connectivity index (χ4v) is 1.58. The highest BCUT2D eigenvalue weighted by molar-refractivity contribution is 9.10. The van der Waals surface area contributed by atoms with Gasteiger partial charge in [0.1, 0.15) is 5.69 Å². The number of hydrogen-bond donors (Lipinski definition) is 0. The molecular formula is C10H11BrFN3S. The van der Waals surface area contributed by atoms with Crippen molar-refractivity contribution < 1.29 is 3.89 Å². The smallest absolute Gasteiger partial charge is 0.171 e. The summed E-state index contributed by atoms with van der Waals surface area (Å²) in [6.45, 7) is 4.00. The molecule has 0 aliphatic carbocycles. The Morgan fingerprint density at radius 1 is 1.31 bits per heavy atom. The van der Waals surface area contributed by atoms with Gasteiger partial charge in [-0.25, -0.2) is 8.96 Å². The van der Waals surface area contributed by atoms with E-state index >= 15 is 0 Å². The van der Waals surface area contributed by atoms with Crippen LogP contribution in [-0.4, -0.2) is 13.9 Å². The molecule has 2 aromatic rings. The topological polar surface area (TPSA) is 30.7 Å². The second kappa shape index (κ2) is 6.65. The predicted octanol–water partition coefficient (Wildman–Crippen LogP) is 4.11. The van der Waals surface area contributed by atoms with Crippen molar-refractivity contribution in [1.29, 1.82) is 0 Å². The van der Waals surface area contributed by atoms with Gasteiger partial charge in [-0.3, -0.25) is 4.98 Å². The van der Waals surface area contributed by atoms with E-state index in [1.54, 1.807) is 18.5 Å². The zero-order chi connectivity index (χ0) is 12.0. The summed E-state index contributed by atoms with van der Waals surface area (Å²) in [7, 11) is 0. The Morgan fingerprint density at radius 3 is 2.62 bits per heavy atom. The van der Waals surface area contributed by atoms with E-state index in [4.69, 9.17) is 0 Å². The van der Waals surface area contributed by atoms with Gasteiger partial charge in [-0.2, -0.15) is 0 Å². The standard InChI is InChI=1S/C8H5BrFN3S.C2H6/c9-6-1-2-7(12-5-6)8-11-3-4-13(8)14-10;1-2/h1-5H;1-2H3. The molecule has 6 heteroatoms. The summed E-state index contributed by atoms with van der Waals surface area (Å²) in [6.07, 6.45) is 4.73. The molecular weight excluding hydrogens is 293 g/mol. The Labute approximate surface area is 107 Å². The molecule has 0 unspecified atom stereocenters. The van der Waals surface area contributed by atoms with Crippen LogP contribution in [0.4, 0.5) is 3.89 Å². The molecule has 0 aliphatic heterocycles. The largest absolute Gasteiger partial charge is 0.252 e. The highest BCUT2D eigenvalue weighted by atomic mass is 79.9. The van der Waals surface area contributed by atoms with Crippen LogP contribution < -0.4 is 0 Å².